The van der Waals surface area contributed by atoms with Crippen molar-refractivity contribution in [2.45, 2.75) is 26.8 Å². The lowest BCUT2D eigenvalue weighted by Gasteiger charge is -2.10. The van der Waals surface area contributed by atoms with Crippen molar-refractivity contribution >= 4 is 34.3 Å². The zero-order valence-corrected chi connectivity index (χ0v) is 12.0. The summed E-state index contributed by atoms with van der Waals surface area (Å²) in [7, 11) is 0. The number of aryl methyl sites for hydroxylation is 2. The summed E-state index contributed by atoms with van der Waals surface area (Å²) in [5.74, 6) is 0. The van der Waals surface area contributed by atoms with Gasteiger partial charge < -0.3 is 11.1 Å². The third-order valence-corrected chi connectivity index (χ3v) is 4.19. The molecule has 0 atom stereocenters. The monoisotopic (exact) mass is 281 g/mol. The Hall–Kier alpha value is -1.26. The smallest absolute Gasteiger partial charge is 0.112 e. The second-order valence-electron chi connectivity index (χ2n) is 4.12. The van der Waals surface area contributed by atoms with Gasteiger partial charge in [0.05, 0.1) is 17.3 Å². The number of nitrogens with one attached hydrogen (secondary N) is 1. The number of nitrogens with zero attached hydrogens (tertiary/aromatic N) is 1. The first-order valence-corrected chi connectivity index (χ1v) is 7.02. The predicted octanol–water partition coefficient (Wildman–Crippen LogP) is 3.86. The number of nitrogen functional groups attached to an aromatic ring is 1. The van der Waals surface area contributed by atoms with E-state index < -0.39 is 0 Å². The molecule has 96 valence electrons. The van der Waals surface area contributed by atoms with Crippen LogP contribution >= 0.6 is 22.9 Å². The highest BCUT2D eigenvalue weighted by atomic mass is 35.5. The third-order valence-electron chi connectivity index (χ3n) is 2.72. The summed E-state index contributed by atoms with van der Waals surface area (Å²) >= 11 is 7.75. The van der Waals surface area contributed by atoms with E-state index in [-0.39, 0.29) is 0 Å². The van der Waals surface area contributed by atoms with Gasteiger partial charge in [-0.15, -0.1) is 11.3 Å². The molecule has 0 spiro atoms. The second kappa shape index (κ2) is 5.59. The van der Waals surface area contributed by atoms with Crippen molar-refractivity contribution in [1.82, 2.24) is 4.98 Å². The van der Waals surface area contributed by atoms with Crippen LogP contribution in [0.15, 0.2) is 18.3 Å². The molecule has 1 aromatic carbocycles. The summed E-state index contributed by atoms with van der Waals surface area (Å²) in [6.07, 6.45) is 2.97. The molecule has 3 nitrogen and oxygen atoms in total. The first-order valence-electron chi connectivity index (χ1n) is 5.83. The largest absolute Gasteiger partial charge is 0.398 e. The quantitative estimate of drug-likeness (QED) is 0.837. The normalized spacial score (nSPS) is 10.6. The first-order chi connectivity index (χ1) is 8.60. The van der Waals surface area contributed by atoms with E-state index in [1.807, 2.05) is 25.3 Å². The Labute approximate surface area is 116 Å². The minimum Gasteiger partial charge on any atom is -0.398 e. The summed E-state index contributed by atoms with van der Waals surface area (Å²) in [6.45, 7) is 4.86. The average Bonchev–Trinajstić information content (AvgIpc) is 2.80. The lowest BCUT2D eigenvalue weighted by molar-refractivity contribution is 1.09. The molecule has 2 rings (SSSR count). The molecule has 18 heavy (non-hydrogen) atoms. The van der Waals surface area contributed by atoms with Crippen LogP contribution in [0.5, 0.6) is 0 Å². The summed E-state index contributed by atoms with van der Waals surface area (Å²) in [5.41, 5.74) is 8.45. The summed E-state index contributed by atoms with van der Waals surface area (Å²) in [5, 5.41) is 5.01. The molecule has 1 aromatic heterocycles. The number of anilines is 2. The number of benzene rings is 1. The van der Waals surface area contributed by atoms with Gasteiger partial charge in [0.25, 0.3) is 0 Å². The highest BCUT2D eigenvalue weighted by Crippen LogP contribution is 2.27. The molecule has 0 aliphatic rings. The van der Waals surface area contributed by atoms with Crippen molar-refractivity contribution in [3.05, 3.63) is 38.8 Å². The third kappa shape index (κ3) is 2.94. The van der Waals surface area contributed by atoms with Crippen molar-refractivity contribution in [2.24, 2.45) is 0 Å². The Bertz CT molecular complexity index is 551. The summed E-state index contributed by atoms with van der Waals surface area (Å²) in [6, 6.07) is 3.74. The maximum atomic E-state index is 6.02. The zero-order valence-electron chi connectivity index (χ0n) is 10.5. The Kier molecular flexibility index (Phi) is 4.09. The van der Waals surface area contributed by atoms with Gasteiger partial charge in [-0.2, -0.15) is 0 Å². The Balaban J connectivity index is 2.08. The molecule has 0 amide bonds. The van der Waals surface area contributed by atoms with Crippen molar-refractivity contribution in [1.29, 1.82) is 0 Å². The fraction of sp³-hybridized carbons (Fsp3) is 0.308. The summed E-state index contributed by atoms with van der Waals surface area (Å²) in [4.78, 5) is 5.67. The van der Waals surface area contributed by atoms with Gasteiger partial charge in [0.15, 0.2) is 0 Å². The molecule has 0 saturated carbocycles. The van der Waals surface area contributed by atoms with E-state index >= 15 is 0 Å². The van der Waals surface area contributed by atoms with Crippen LogP contribution in [0.1, 0.15) is 22.4 Å². The maximum Gasteiger partial charge on any atom is 0.112 e. The number of aromatic nitrogens is 1. The van der Waals surface area contributed by atoms with Gasteiger partial charge in [0.2, 0.25) is 0 Å². The maximum absolute atomic E-state index is 6.02. The minimum atomic E-state index is 0.580. The number of halogens is 1. The topological polar surface area (TPSA) is 50.9 Å². The molecule has 0 aliphatic heterocycles. The molecule has 2 aromatic rings. The van der Waals surface area contributed by atoms with Crippen LogP contribution in [0.4, 0.5) is 11.4 Å². The van der Waals surface area contributed by atoms with E-state index in [1.54, 1.807) is 11.3 Å². The van der Waals surface area contributed by atoms with E-state index in [0.717, 1.165) is 22.7 Å². The van der Waals surface area contributed by atoms with E-state index in [9.17, 15) is 0 Å². The number of hydrogen-bond donors (Lipinski definition) is 2. The second-order valence-corrected chi connectivity index (χ2v) is 5.72. The molecule has 0 radical (unpaired) electrons. The zero-order chi connectivity index (χ0) is 13.1. The molecule has 0 aliphatic carbocycles. The van der Waals surface area contributed by atoms with E-state index in [0.29, 0.717) is 17.3 Å². The van der Waals surface area contributed by atoms with Crippen LogP contribution in [0, 0.1) is 6.92 Å². The van der Waals surface area contributed by atoms with E-state index in [2.05, 4.69) is 17.2 Å². The molecule has 0 fully saturated rings. The Morgan fingerprint density at radius 2 is 2.22 bits per heavy atom. The SMILES string of the molecule is CCc1cnc(CNc2cc(Cl)c(N)cc2C)s1. The van der Waals surface area contributed by atoms with Crippen molar-refractivity contribution in [2.75, 3.05) is 11.1 Å². The van der Waals surface area contributed by atoms with Crippen LogP contribution in [-0.2, 0) is 13.0 Å². The molecule has 0 unspecified atom stereocenters. The highest BCUT2D eigenvalue weighted by Gasteiger charge is 2.05. The van der Waals surface area contributed by atoms with Crippen LogP contribution in [0.2, 0.25) is 5.02 Å². The lowest BCUT2D eigenvalue weighted by atomic mass is 10.2. The van der Waals surface area contributed by atoms with Gasteiger partial charge >= 0.3 is 0 Å². The van der Waals surface area contributed by atoms with Crippen LogP contribution in [0.3, 0.4) is 0 Å². The van der Waals surface area contributed by atoms with Crippen LogP contribution in [0.25, 0.3) is 0 Å². The highest BCUT2D eigenvalue weighted by molar-refractivity contribution is 7.11. The van der Waals surface area contributed by atoms with Gasteiger partial charge in [-0.1, -0.05) is 18.5 Å². The van der Waals surface area contributed by atoms with Crippen molar-refractivity contribution in [3.8, 4) is 0 Å². The number of nitrogens with two attached hydrogens (primary N) is 1. The van der Waals surface area contributed by atoms with E-state index in [1.165, 1.54) is 4.88 Å². The van der Waals surface area contributed by atoms with Gasteiger partial charge in [-0.3, -0.25) is 0 Å². The Morgan fingerprint density at radius 1 is 1.44 bits per heavy atom. The van der Waals surface area contributed by atoms with Gasteiger partial charge in [0, 0.05) is 16.8 Å². The first kappa shape index (κ1) is 13.2. The van der Waals surface area contributed by atoms with Gasteiger partial charge in [-0.25, -0.2) is 4.98 Å². The summed E-state index contributed by atoms with van der Waals surface area (Å²) < 4.78 is 0. The number of hydrogen-bond acceptors (Lipinski definition) is 4. The molecule has 5 heteroatoms. The van der Waals surface area contributed by atoms with Crippen molar-refractivity contribution in [3.63, 3.8) is 0 Å². The van der Waals surface area contributed by atoms with Crippen LogP contribution in [-0.4, -0.2) is 4.98 Å². The predicted molar refractivity (Wildman–Crippen MR) is 79.4 cm³/mol. The molecule has 1 heterocycles. The fourth-order valence-electron chi connectivity index (χ4n) is 1.66. The van der Waals surface area contributed by atoms with E-state index in [4.69, 9.17) is 17.3 Å². The molecular formula is C13H16ClN3S. The standard InChI is InChI=1S/C13H16ClN3S/c1-3-9-6-17-13(18-9)7-16-12-5-10(14)11(15)4-8(12)2/h4-6,16H,3,7,15H2,1-2H3. The van der Waals surface area contributed by atoms with Crippen molar-refractivity contribution < 1.29 is 0 Å². The van der Waals surface area contributed by atoms with Crippen LogP contribution < -0.4 is 11.1 Å². The molecular weight excluding hydrogens is 266 g/mol. The lowest BCUT2D eigenvalue weighted by Crippen LogP contribution is -2.01. The molecule has 3 N–H and O–H groups in total. The molecule has 0 saturated heterocycles. The number of rotatable bonds is 4. The average molecular weight is 282 g/mol. The Morgan fingerprint density at radius 3 is 2.89 bits per heavy atom. The molecule has 0 bridgehead atoms. The van der Waals surface area contributed by atoms with Gasteiger partial charge in [0.1, 0.15) is 5.01 Å². The number of thiazole rings is 1. The minimum absolute atomic E-state index is 0.580. The van der Waals surface area contributed by atoms with Gasteiger partial charge in [-0.05, 0) is 31.0 Å². The fourth-order valence-corrected chi connectivity index (χ4v) is 2.62.